The summed E-state index contributed by atoms with van der Waals surface area (Å²) in [6, 6.07) is 0. The minimum absolute atomic E-state index is 1.07. The number of hydrogen-bond acceptors (Lipinski definition) is 4. The molecule has 0 unspecified atom stereocenters. The van der Waals surface area contributed by atoms with Crippen molar-refractivity contribution in [1.82, 2.24) is 9.97 Å². The second-order valence-electron chi connectivity index (χ2n) is 4.46. The van der Waals surface area contributed by atoms with Crippen LogP contribution >= 0.6 is 23.1 Å². The van der Waals surface area contributed by atoms with Crippen LogP contribution in [0.15, 0.2) is 34.0 Å². The average Bonchev–Trinajstić information content (AvgIpc) is 2.93. The van der Waals surface area contributed by atoms with Gasteiger partial charge in [0, 0.05) is 10.9 Å². The molecule has 0 saturated heterocycles. The third-order valence-electron chi connectivity index (χ3n) is 3.32. The molecule has 1 aliphatic rings. The zero-order valence-corrected chi connectivity index (χ0v) is 12.3. The SMILES string of the molecule is CSc1ncnc2c(C3=C(C)CC=C3C)csc12. The Hall–Kier alpha value is -1.13. The van der Waals surface area contributed by atoms with Crippen molar-refractivity contribution in [3.05, 3.63) is 34.5 Å². The van der Waals surface area contributed by atoms with Crippen LogP contribution in [0, 0.1) is 0 Å². The van der Waals surface area contributed by atoms with Crippen LogP contribution in [0.4, 0.5) is 0 Å². The summed E-state index contributed by atoms with van der Waals surface area (Å²) in [4.78, 5) is 8.82. The van der Waals surface area contributed by atoms with Crippen LogP contribution in [0.5, 0.6) is 0 Å². The maximum absolute atomic E-state index is 4.49. The van der Waals surface area contributed by atoms with Crippen molar-refractivity contribution < 1.29 is 0 Å². The van der Waals surface area contributed by atoms with Crippen LogP contribution in [-0.2, 0) is 0 Å². The van der Waals surface area contributed by atoms with E-state index in [0.717, 1.165) is 17.0 Å². The summed E-state index contributed by atoms with van der Waals surface area (Å²) in [5.41, 5.74) is 6.57. The molecule has 18 heavy (non-hydrogen) atoms. The van der Waals surface area contributed by atoms with Crippen molar-refractivity contribution in [2.45, 2.75) is 25.3 Å². The molecule has 2 heterocycles. The Kier molecular flexibility index (Phi) is 2.99. The molecule has 0 spiro atoms. The van der Waals surface area contributed by atoms with Gasteiger partial charge in [-0.2, -0.15) is 0 Å². The van der Waals surface area contributed by atoms with E-state index in [2.05, 4.69) is 41.5 Å². The Morgan fingerprint density at radius 3 is 2.78 bits per heavy atom. The Labute approximate surface area is 115 Å². The van der Waals surface area contributed by atoms with Crippen LogP contribution in [0.1, 0.15) is 25.8 Å². The topological polar surface area (TPSA) is 25.8 Å². The molecule has 0 atom stereocenters. The molecule has 0 bridgehead atoms. The maximum Gasteiger partial charge on any atom is 0.117 e. The Bertz CT molecular complexity index is 680. The standard InChI is InChI=1S/C14H14N2S2/c1-8-4-5-9(2)11(8)10-6-18-13-12(10)15-7-16-14(13)17-3/h4,6-7H,5H2,1-3H3. The van der Waals surface area contributed by atoms with Crippen molar-refractivity contribution >= 4 is 38.9 Å². The monoisotopic (exact) mass is 274 g/mol. The second kappa shape index (κ2) is 4.52. The summed E-state index contributed by atoms with van der Waals surface area (Å²) in [5, 5.41) is 3.30. The molecule has 0 aromatic carbocycles. The number of thiophene rings is 1. The van der Waals surface area contributed by atoms with Crippen LogP contribution in [0.25, 0.3) is 15.8 Å². The van der Waals surface area contributed by atoms with E-state index in [1.54, 1.807) is 29.4 Å². The van der Waals surface area contributed by atoms with Gasteiger partial charge >= 0.3 is 0 Å². The number of nitrogens with zero attached hydrogens (tertiary/aromatic N) is 2. The highest BCUT2D eigenvalue weighted by atomic mass is 32.2. The number of fused-ring (bicyclic) bond motifs is 1. The van der Waals surface area contributed by atoms with Crippen molar-refractivity contribution in [2.24, 2.45) is 0 Å². The van der Waals surface area contributed by atoms with Crippen LogP contribution in [0.3, 0.4) is 0 Å². The first-order valence-corrected chi connectivity index (χ1v) is 7.96. The van der Waals surface area contributed by atoms with Gasteiger partial charge in [0.05, 0.1) is 10.2 Å². The fraction of sp³-hybridized carbons (Fsp3) is 0.286. The lowest BCUT2D eigenvalue weighted by molar-refractivity contribution is 1.11. The Morgan fingerprint density at radius 1 is 1.28 bits per heavy atom. The van der Waals surface area contributed by atoms with Crippen LogP contribution in [-0.4, -0.2) is 16.2 Å². The van der Waals surface area contributed by atoms with E-state index in [1.165, 1.54) is 27.0 Å². The van der Waals surface area contributed by atoms with Gasteiger partial charge in [-0.05, 0) is 37.7 Å². The molecular weight excluding hydrogens is 260 g/mol. The smallest absolute Gasteiger partial charge is 0.117 e. The highest BCUT2D eigenvalue weighted by Crippen LogP contribution is 2.40. The van der Waals surface area contributed by atoms with Gasteiger partial charge in [0.2, 0.25) is 0 Å². The largest absolute Gasteiger partial charge is 0.235 e. The summed E-state index contributed by atoms with van der Waals surface area (Å²) >= 11 is 3.43. The fourth-order valence-corrected chi connectivity index (χ4v) is 4.16. The number of thioether (sulfide) groups is 1. The predicted molar refractivity (Wildman–Crippen MR) is 80.2 cm³/mol. The molecule has 1 aliphatic carbocycles. The van der Waals surface area contributed by atoms with Crippen molar-refractivity contribution in [3.63, 3.8) is 0 Å². The summed E-state index contributed by atoms with van der Waals surface area (Å²) < 4.78 is 1.21. The lowest BCUT2D eigenvalue weighted by Gasteiger charge is -2.05. The van der Waals surface area contributed by atoms with E-state index in [-0.39, 0.29) is 0 Å². The first kappa shape index (κ1) is 11.9. The van der Waals surface area contributed by atoms with Gasteiger partial charge in [-0.1, -0.05) is 11.6 Å². The van der Waals surface area contributed by atoms with Gasteiger partial charge < -0.3 is 0 Å². The van der Waals surface area contributed by atoms with Gasteiger partial charge in [0.25, 0.3) is 0 Å². The third-order valence-corrected chi connectivity index (χ3v) is 5.12. The van der Waals surface area contributed by atoms with Crippen molar-refractivity contribution in [2.75, 3.05) is 6.26 Å². The molecule has 4 heteroatoms. The zero-order chi connectivity index (χ0) is 12.7. The number of allylic oxidation sites excluding steroid dienone is 4. The van der Waals surface area contributed by atoms with Crippen molar-refractivity contribution in [1.29, 1.82) is 0 Å². The average molecular weight is 274 g/mol. The summed E-state index contributed by atoms with van der Waals surface area (Å²) in [5.74, 6) is 0. The van der Waals surface area contributed by atoms with Crippen LogP contribution < -0.4 is 0 Å². The molecule has 92 valence electrons. The molecule has 3 rings (SSSR count). The van der Waals surface area contributed by atoms with E-state index in [0.29, 0.717) is 0 Å². The van der Waals surface area contributed by atoms with Gasteiger partial charge in [-0.3, -0.25) is 0 Å². The molecular formula is C14H14N2S2. The second-order valence-corrected chi connectivity index (χ2v) is 6.13. The summed E-state index contributed by atoms with van der Waals surface area (Å²) in [6.45, 7) is 4.40. The fourth-order valence-electron chi connectivity index (χ4n) is 2.44. The lowest BCUT2D eigenvalue weighted by Crippen LogP contribution is -1.88. The maximum atomic E-state index is 4.49. The number of aromatic nitrogens is 2. The molecule has 0 N–H and O–H groups in total. The molecule has 0 radical (unpaired) electrons. The normalized spacial score (nSPS) is 15.6. The summed E-state index contributed by atoms with van der Waals surface area (Å²) in [6.07, 6.45) is 7.10. The quantitative estimate of drug-likeness (QED) is 0.594. The van der Waals surface area contributed by atoms with E-state index >= 15 is 0 Å². The van der Waals surface area contributed by atoms with Gasteiger partial charge in [0.1, 0.15) is 11.4 Å². The van der Waals surface area contributed by atoms with E-state index in [4.69, 9.17) is 0 Å². The van der Waals surface area contributed by atoms with Crippen LogP contribution in [0.2, 0.25) is 0 Å². The minimum Gasteiger partial charge on any atom is -0.235 e. The Balaban J connectivity index is 2.26. The van der Waals surface area contributed by atoms with Gasteiger partial charge in [-0.25, -0.2) is 9.97 Å². The van der Waals surface area contributed by atoms with E-state index in [1.807, 2.05) is 0 Å². The molecule has 0 aliphatic heterocycles. The Morgan fingerprint density at radius 2 is 2.11 bits per heavy atom. The lowest BCUT2D eigenvalue weighted by atomic mass is 10.0. The first-order valence-electron chi connectivity index (χ1n) is 5.85. The molecule has 2 nitrogen and oxygen atoms in total. The predicted octanol–water partition coefficient (Wildman–Crippen LogP) is 4.54. The molecule has 2 aromatic rings. The molecule has 0 amide bonds. The van der Waals surface area contributed by atoms with Gasteiger partial charge in [0.15, 0.2) is 0 Å². The number of rotatable bonds is 2. The highest BCUT2D eigenvalue weighted by Gasteiger charge is 2.18. The van der Waals surface area contributed by atoms with Crippen molar-refractivity contribution in [3.8, 4) is 0 Å². The summed E-state index contributed by atoms with van der Waals surface area (Å²) in [7, 11) is 0. The van der Waals surface area contributed by atoms with E-state index < -0.39 is 0 Å². The minimum atomic E-state index is 1.07. The van der Waals surface area contributed by atoms with Gasteiger partial charge in [-0.15, -0.1) is 23.1 Å². The first-order chi connectivity index (χ1) is 8.72. The molecule has 2 aromatic heterocycles. The van der Waals surface area contributed by atoms with E-state index in [9.17, 15) is 0 Å². The zero-order valence-electron chi connectivity index (χ0n) is 10.7. The molecule has 0 fully saturated rings. The molecule has 0 saturated carbocycles. The number of hydrogen-bond donors (Lipinski definition) is 0. The third kappa shape index (κ3) is 1.71. The highest BCUT2D eigenvalue weighted by molar-refractivity contribution is 7.98.